The quantitative estimate of drug-likeness (QED) is 0.558. The van der Waals surface area contributed by atoms with Gasteiger partial charge in [0.15, 0.2) is 0 Å². The molecule has 0 aliphatic rings. The SMILES string of the molecule is Cc1cc(C(F)(F)F)c(F)cc1F. The highest BCUT2D eigenvalue weighted by molar-refractivity contribution is 5.27. The van der Waals surface area contributed by atoms with Crippen LogP contribution in [0.4, 0.5) is 22.0 Å². The van der Waals surface area contributed by atoms with Crippen molar-refractivity contribution >= 4 is 0 Å². The zero-order chi connectivity index (χ0) is 10.2. The average Bonchev–Trinajstić information content (AvgIpc) is 1.94. The summed E-state index contributed by atoms with van der Waals surface area (Å²) in [6.45, 7) is 1.14. The molecule has 0 N–H and O–H groups in total. The van der Waals surface area contributed by atoms with Gasteiger partial charge in [-0.2, -0.15) is 13.2 Å². The van der Waals surface area contributed by atoms with Crippen LogP contribution in [0.5, 0.6) is 0 Å². The van der Waals surface area contributed by atoms with E-state index >= 15 is 0 Å². The Hall–Kier alpha value is -1.13. The molecule has 0 saturated carbocycles. The van der Waals surface area contributed by atoms with Crippen molar-refractivity contribution in [3.05, 3.63) is 34.9 Å². The lowest BCUT2D eigenvalue weighted by Crippen LogP contribution is -2.09. The molecule has 1 rings (SSSR count). The normalized spacial score (nSPS) is 11.8. The van der Waals surface area contributed by atoms with E-state index in [1.54, 1.807) is 0 Å². The van der Waals surface area contributed by atoms with E-state index in [1.807, 2.05) is 0 Å². The average molecular weight is 196 g/mol. The highest BCUT2D eigenvalue weighted by Crippen LogP contribution is 2.32. The monoisotopic (exact) mass is 196 g/mol. The summed E-state index contributed by atoms with van der Waals surface area (Å²) in [5.74, 6) is -2.57. The van der Waals surface area contributed by atoms with Gasteiger partial charge in [0.05, 0.1) is 5.56 Å². The Bertz CT molecular complexity index is 326. The molecule has 0 spiro atoms. The molecule has 72 valence electrons. The Balaban J connectivity index is 3.32. The number of halogens is 5. The minimum Gasteiger partial charge on any atom is -0.207 e. The van der Waals surface area contributed by atoms with Crippen molar-refractivity contribution in [1.29, 1.82) is 0 Å². The van der Waals surface area contributed by atoms with Crippen LogP contribution in [0.25, 0.3) is 0 Å². The second-order valence-electron chi connectivity index (χ2n) is 2.58. The van der Waals surface area contributed by atoms with Crippen molar-refractivity contribution < 1.29 is 22.0 Å². The molecule has 13 heavy (non-hydrogen) atoms. The fourth-order valence-corrected chi connectivity index (χ4v) is 0.874. The molecule has 0 aromatic heterocycles. The maximum absolute atomic E-state index is 12.6. The topological polar surface area (TPSA) is 0 Å². The lowest BCUT2D eigenvalue weighted by Gasteiger charge is -2.08. The number of alkyl halides is 3. The van der Waals surface area contributed by atoms with Crippen molar-refractivity contribution in [3.8, 4) is 0 Å². The Labute approximate surface area is 71.0 Å². The summed E-state index contributed by atoms with van der Waals surface area (Å²) in [5.41, 5.74) is -1.67. The highest BCUT2D eigenvalue weighted by Gasteiger charge is 2.34. The smallest absolute Gasteiger partial charge is 0.207 e. The zero-order valence-electron chi connectivity index (χ0n) is 6.54. The van der Waals surface area contributed by atoms with Gasteiger partial charge in [-0.1, -0.05) is 0 Å². The van der Waals surface area contributed by atoms with Crippen LogP contribution in [0.15, 0.2) is 12.1 Å². The predicted octanol–water partition coefficient (Wildman–Crippen LogP) is 3.29. The van der Waals surface area contributed by atoms with Crippen molar-refractivity contribution in [2.24, 2.45) is 0 Å². The second kappa shape index (κ2) is 2.97. The Morgan fingerprint density at radius 3 is 2.00 bits per heavy atom. The van der Waals surface area contributed by atoms with E-state index in [4.69, 9.17) is 0 Å². The van der Waals surface area contributed by atoms with Crippen LogP contribution in [0.3, 0.4) is 0 Å². The van der Waals surface area contributed by atoms with Crippen molar-refractivity contribution in [1.82, 2.24) is 0 Å². The lowest BCUT2D eigenvalue weighted by atomic mass is 10.1. The van der Waals surface area contributed by atoms with E-state index in [1.165, 1.54) is 0 Å². The van der Waals surface area contributed by atoms with Crippen molar-refractivity contribution in [2.45, 2.75) is 13.1 Å². The molecule has 0 unspecified atom stereocenters. The fraction of sp³-hybridized carbons (Fsp3) is 0.250. The van der Waals surface area contributed by atoms with Gasteiger partial charge in [0, 0.05) is 6.07 Å². The molecule has 0 fully saturated rings. The number of aryl methyl sites for hydroxylation is 1. The van der Waals surface area contributed by atoms with Gasteiger partial charge in [0.2, 0.25) is 0 Å². The van der Waals surface area contributed by atoms with Crippen LogP contribution in [-0.4, -0.2) is 0 Å². The van der Waals surface area contributed by atoms with Gasteiger partial charge in [-0.3, -0.25) is 0 Å². The summed E-state index contributed by atoms with van der Waals surface area (Å²) in [6, 6.07) is 0.683. The molecule has 0 saturated heterocycles. The molecule has 0 aliphatic carbocycles. The molecular formula is C8H5F5. The largest absolute Gasteiger partial charge is 0.419 e. The van der Waals surface area contributed by atoms with E-state index in [2.05, 4.69) is 0 Å². The first-order chi connectivity index (χ1) is 5.82. The second-order valence-corrected chi connectivity index (χ2v) is 2.58. The first-order valence-corrected chi connectivity index (χ1v) is 3.35. The van der Waals surface area contributed by atoms with Crippen LogP contribution in [0, 0.1) is 18.6 Å². The maximum atomic E-state index is 12.6. The molecule has 0 aliphatic heterocycles. The van der Waals surface area contributed by atoms with Gasteiger partial charge >= 0.3 is 6.18 Å². The number of hydrogen-bond donors (Lipinski definition) is 0. The van der Waals surface area contributed by atoms with E-state index in [0.717, 1.165) is 6.92 Å². The summed E-state index contributed by atoms with van der Waals surface area (Å²) in [4.78, 5) is 0. The molecule has 0 radical (unpaired) electrons. The highest BCUT2D eigenvalue weighted by atomic mass is 19.4. The molecule has 0 bridgehead atoms. The third-order valence-electron chi connectivity index (χ3n) is 1.55. The number of benzene rings is 1. The van der Waals surface area contributed by atoms with Crippen LogP contribution in [0.2, 0.25) is 0 Å². The third-order valence-corrected chi connectivity index (χ3v) is 1.55. The number of hydrogen-bond acceptors (Lipinski definition) is 0. The number of rotatable bonds is 0. The minimum absolute atomic E-state index is 0.228. The molecule has 0 amide bonds. The first-order valence-electron chi connectivity index (χ1n) is 3.35. The van der Waals surface area contributed by atoms with Crippen molar-refractivity contribution in [3.63, 3.8) is 0 Å². The maximum Gasteiger partial charge on any atom is 0.419 e. The molecule has 0 nitrogen and oxygen atoms in total. The van der Waals surface area contributed by atoms with Gasteiger partial charge in [-0.15, -0.1) is 0 Å². The van der Waals surface area contributed by atoms with E-state index in [-0.39, 0.29) is 11.6 Å². The Morgan fingerprint density at radius 1 is 1.00 bits per heavy atom. The van der Waals surface area contributed by atoms with Crippen LogP contribution >= 0.6 is 0 Å². The van der Waals surface area contributed by atoms with Crippen molar-refractivity contribution in [2.75, 3.05) is 0 Å². The van der Waals surface area contributed by atoms with Gasteiger partial charge in [-0.25, -0.2) is 8.78 Å². The summed E-state index contributed by atoms with van der Waals surface area (Å²) >= 11 is 0. The Morgan fingerprint density at radius 2 is 1.54 bits per heavy atom. The van der Waals surface area contributed by atoms with E-state index < -0.39 is 23.4 Å². The van der Waals surface area contributed by atoms with Gasteiger partial charge in [0.25, 0.3) is 0 Å². The summed E-state index contributed by atoms with van der Waals surface area (Å²) in [6.07, 6.45) is -4.78. The predicted molar refractivity (Wildman–Crippen MR) is 36.1 cm³/mol. The van der Waals surface area contributed by atoms with E-state index in [9.17, 15) is 22.0 Å². The molecule has 5 heteroatoms. The molecule has 0 heterocycles. The zero-order valence-corrected chi connectivity index (χ0v) is 6.54. The molecular weight excluding hydrogens is 191 g/mol. The molecule has 1 aromatic carbocycles. The van der Waals surface area contributed by atoms with E-state index in [0.29, 0.717) is 6.07 Å². The Kier molecular flexibility index (Phi) is 2.28. The van der Waals surface area contributed by atoms with Crippen LogP contribution < -0.4 is 0 Å². The first kappa shape index (κ1) is 9.95. The third kappa shape index (κ3) is 1.96. The minimum atomic E-state index is -4.78. The summed E-state index contributed by atoms with van der Waals surface area (Å²) < 4.78 is 61.1. The fourth-order valence-electron chi connectivity index (χ4n) is 0.874. The molecule has 1 aromatic rings. The molecule has 0 atom stereocenters. The summed E-state index contributed by atoms with van der Waals surface area (Å²) in [7, 11) is 0. The van der Waals surface area contributed by atoms with Gasteiger partial charge < -0.3 is 0 Å². The van der Waals surface area contributed by atoms with Gasteiger partial charge in [-0.05, 0) is 18.6 Å². The standard InChI is InChI=1S/C8H5F5/c1-4-2-5(8(11,12)13)7(10)3-6(4)9/h2-3H,1H3. The van der Waals surface area contributed by atoms with Crippen LogP contribution in [-0.2, 0) is 6.18 Å². The van der Waals surface area contributed by atoms with Gasteiger partial charge in [0.1, 0.15) is 11.6 Å². The van der Waals surface area contributed by atoms with Crippen LogP contribution in [0.1, 0.15) is 11.1 Å². The summed E-state index contributed by atoms with van der Waals surface area (Å²) in [5, 5.41) is 0. The lowest BCUT2D eigenvalue weighted by molar-refractivity contribution is -0.140.